The molecule has 2 rings (SSSR count). The lowest BCUT2D eigenvalue weighted by Gasteiger charge is -2.30. The van der Waals surface area contributed by atoms with E-state index in [9.17, 15) is 13.2 Å². The second kappa shape index (κ2) is 6.17. The first-order valence-corrected chi connectivity index (χ1v) is 9.00. The third kappa shape index (κ3) is 4.06. The summed E-state index contributed by atoms with van der Waals surface area (Å²) in [5.41, 5.74) is 1.13. The first-order chi connectivity index (χ1) is 9.78. The predicted molar refractivity (Wildman–Crippen MR) is 78.4 cm³/mol. The van der Waals surface area contributed by atoms with Crippen LogP contribution in [0.5, 0.6) is 0 Å². The number of aryl methyl sites for hydroxylation is 2. The van der Waals surface area contributed by atoms with E-state index in [-0.39, 0.29) is 11.7 Å². The van der Waals surface area contributed by atoms with Crippen LogP contribution in [0.25, 0.3) is 0 Å². The normalized spacial score (nSPS) is 19.8. The second-order valence-corrected chi connectivity index (χ2v) is 7.99. The van der Waals surface area contributed by atoms with Gasteiger partial charge in [0.1, 0.15) is 11.5 Å². The number of likely N-dealkylation sites (tertiary alicyclic amines) is 1. The molecule has 6 nitrogen and oxygen atoms in total. The highest BCUT2D eigenvalue weighted by Crippen LogP contribution is 2.18. The third-order valence-electron chi connectivity index (χ3n) is 3.90. The van der Waals surface area contributed by atoms with Gasteiger partial charge in [-0.15, -0.1) is 0 Å². The Balaban J connectivity index is 2.02. The molecule has 0 N–H and O–H groups in total. The van der Waals surface area contributed by atoms with Crippen molar-refractivity contribution in [2.24, 2.45) is 5.92 Å². The van der Waals surface area contributed by atoms with Crippen LogP contribution in [-0.4, -0.2) is 43.2 Å². The number of sulfone groups is 1. The Morgan fingerprint density at radius 3 is 2.71 bits per heavy atom. The SMILES string of the molecule is Cc1noc(C)c1CS(=O)(=O)CC(=O)N1CCC[C@H](C)C1. The number of rotatable bonds is 4. The zero-order chi connectivity index (χ0) is 15.6. The highest BCUT2D eigenvalue weighted by atomic mass is 32.2. The molecule has 1 fully saturated rings. The van der Waals surface area contributed by atoms with Crippen molar-refractivity contribution in [1.29, 1.82) is 0 Å². The van der Waals surface area contributed by atoms with Crippen LogP contribution in [-0.2, 0) is 20.4 Å². The molecule has 0 unspecified atom stereocenters. The van der Waals surface area contributed by atoms with E-state index < -0.39 is 15.6 Å². The van der Waals surface area contributed by atoms with Crippen LogP contribution >= 0.6 is 0 Å². The molecule has 1 aromatic heterocycles. The molecule has 21 heavy (non-hydrogen) atoms. The van der Waals surface area contributed by atoms with Crippen molar-refractivity contribution in [3.63, 3.8) is 0 Å². The maximum Gasteiger partial charge on any atom is 0.237 e. The molecule has 118 valence electrons. The summed E-state index contributed by atoms with van der Waals surface area (Å²) in [6.45, 7) is 6.77. The fourth-order valence-electron chi connectivity index (χ4n) is 2.67. The van der Waals surface area contributed by atoms with Crippen molar-refractivity contribution in [3.05, 3.63) is 17.0 Å². The molecule has 1 aromatic rings. The molecule has 2 heterocycles. The smallest absolute Gasteiger partial charge is 0.237 e. The molecule has 0 bridgehead atoms. The maximum absolute atomic E-state index is 12.2. The van der Waals surface area contributed by atoms with E-state index in [0.717, 1.165) is 12.8 Å². The molecule has 0 saturated carbocycles. The van der Waals surface area contributed by atoms with Gasteiger partial charge >= 0.3 is 0 Å². The fraction of sp³-hybridized carbons (Fsp3) is 0.714. The van der Waals surface area contributed by atoms with Crippen molar-refractivity contribution in [2.75, 3.05) is 18.8 Å². The van der Waals surface area contributed by atoms with Gasteiger partial charge in [0.2, 0.25) is 5.91 Å². The van der Waals surface area contributed by atoms with Crippen molar-refractivity contribution in [3.8, 4) is 0 Å². The average Bonchev–Trinajstić information content (AvgIpc) is 2.69. The molecule has 0 aromatic carbocycles. The van der Waals surface area contributed by atoms with Crippen LogP contribution in [0.4, 0.5) is 0 Å². The number of hydrogen-bond donors (Lipinski definition) is 0. The van der Waals surface area contributed by atoms with Crippen molar-refractivity contribution in [2.45, 2.75) is 39.4 Å². The number of nitrogens with zero attached hydrogens (tertiary/aromatic N) is 2. The summed E-state index contributed by atoms with van der Waals surface area (Å²) >= 11 is 0. The molecule has 1 atom stereocenters. The van der Waals surface area contributed by atoms with Crippen LogP contribution in [0.2, 0.25) is 0 Å². The standard InChI is InChI=1S/C14H22N2O4S/c1-10-5-4-6-16(7-10)14(17)9-21(18,19)8-13-11(2)15-20-12(13)3/h10H,4-9H2,1-3H3/t10-/m0/s1. The molecule has 1 saturated heterocycles. The minimum atomic E-state index is -3.51. The van der Waals surface area contributed by atoms with E-state index in [4.69, 9.17) is 4.52 Å². The zero-order valence-electron chi connectivity index (χ0n) is 12.8. The number of carbonyl (C=O) groups is 1. The molecule has 0 spiro atoms. The average molecular weight is 314 g/mol. The third-order valence-corrected chi connectivity index (χ3v) is 5.31. The van der Waals surface area contributed by atoms with Crippen molar-refractivity contribution >= 4 is 15.7 Å². The quantitative estimate of drug-likeness (QED) is 0.840. The Kier molecular flexibility index (Phi) is 4.70. The molecular formula is C14H22N2O4S. The van der Waals surface area contributed by atoms with E-state index in [1.54, 1.807) is 18.7 Å². The topological polar surface area (TPSA) is 80.5 Å². The van der Waals surface area contributed by atoms with Gasteiger partial charge in [0.15, 0.2) is 9.84 Å². The number of piperidine rings is 1. The Morgan fingerprint density at radius 2 is 2.14 bits per heavy atom. The lowest BCUT2D eigenvalue weighted by molar-refractivity contribution is -0.130. The summed E-state index contributed by atoms with van der Waals surface area (Å²) in [7, 11) is -3.51. The van der Waals surface area contributed by atoms with Gasteiger partial charge in [-0.25, -0.2) is 8.42 Å². The maximum atomic E-state index is 12.2. The predicted octanol–water partition coefficient (Wildman–Crippen LogP) is 1.46. The van der Waals surface area contributed by atoms with E-state index in [1.165, 1.54) is 0 Å². The Hall–Kier alpha value is -1.37. The first kappa shape index (κ1) is 16.0. The fourth-order valence-corrected chi connectivity index (χ4v) is 4.19. The molecule has 7 heteroatoms. The number of aromatic nitrogens is 1. The minimum Gasteiger partial charge on any atom is -0.361 e. The largest absolute Gasteiger partial charge is 0.361 e. The van der Waals surface area contributed by atoms with Gasteiger partial charge in [0, 0.05) is 18.7 Å². The van der Waals surface area contributed by atoms with Crippen molar-refractivity contribution in [1.82, 2.24) is 10.1 Å². The summed E-state index contributed by atoms with van der Waals surface area (Å²) < 4.78 is 29.4. The molecule has 0 aliphatic carbocycles. The van der Waals surface area contributed by atoms with E-state index in [0.29, 0.717) is 36.0 Å². The first-order valence-electron chi connectivity index (χ1n) is 7.18. The van der Waals surface area contributed by atoms with Crippen molar-refractivity contribution < 1.29 is 17.7 Å². The number of hydrogen-bond acceptors (Lipinski definition) is 5. The second-order valence-electron chi connectivity index (χ2n) is 5.92. The summed E-state index contributed by atoms with van der Waals surface area (Å²) in [5, 5.41) is 3.74. The van der Waals surface area contributed by atoms with Gasteiger partial charge in [0.05, 0.1) is 11.4 Å². The molecule has 1 amide bonds. The molecule has 1 aliphatic rings. The van der Waals surface area contributed by atoms with Gasteiger partial charge in [-0.2, -0.15) is 0 Å². The van der Waals surface area contributed by atoms with E-state index in [1.807, 2.05) is 0 Å². The monoisotopic (exact) mass is 314 g/mol. The minimum absolute atomic E-state index is 0.191. The summed E-state index contributed by atoms with van der Waals surface area (Å²) in [6.07, 6.45) is 2.03. The van der Waals surface area contributed by atoms with Gasteiger partial charge in [-0.05, 0) is 32.6 Å². The Bertz CT molecular complexity index is 601. The number of carbonyl (C=O) groups excluding carboxylic acids is 1. The Labute approximate surface area is 125 Å². The highest BCUT2D eigenvalue weighted by molar-refractivity contribution is 7.91. The molecular weight excluding hydrogens is 292 g/mol. The lowest BCUT2D eigenvalue weighted by Crippen LogP contribution is -2.42. The van der Waals surface area contributed by atoms with Gasteiger partial charge in [0.25, 0.3) is 0 Å². The molecule has 1 aliphatic heterocycles. The zero-order valence-corrected chi connectivity index (χ0v) is 13.6. The van der Waals surface area contributed by atoms with Crippen LogP contribution in [0, 0.1) is 19.8 Å². The summed E-state index contributed by atoms with van der Waals surface area (Å²) in [5.74, 6) is 0.00369. The van der Waals surface area contributed by atoms with Gasteiger partial charge < -0.3 is 9.42 Å². The molecule has 0 radical (unpaired) electrons. The summed E-state index contributed by atoms with van der Waals surface area (Å²) in [6, 6.07) is 0. The van der Waals surface area contributed by atoms with Gasteiger partial charge in [-0.1, -0.05) is 12.1 Å². The highest BCUT2D eigenvalue weighted by Gasteiger charge is 2.27. The lowest BCUT2D eigenvalue weighted by atomic mass is 10.0. The van der Waals surface area contributed by atoms with Gasteiger partial charge in [-0.3, -0.25) is 4.79 Å². The van der Waals surface area contributed by atoms with Crippen LogP contribution in [0.1, 0.15) is 36.8 Å². The number of amides is 1. The van der Waals surface area contributed by atoms with E-state index >= 15 is 0 Å². The van der Waals surface area contributed by atoms with E-state index in [2.05, 4.69) is 12.1 Å². The van der Waals surface area contributed by atoms with Crippen LogP contribution in [0.3, 0.4) is 0 Å². The van der Waals surface area contributed by atoms with Crippen LogP contribution < -0.4 is 0 Å². The Morgan fingerprint density at radius 1 is 1.43 bits per heavy atom. The van der Waals surface area contributed by atoms with Crippen LogP contribution in [0.15, 0.2) is 4.52 Å². The summed E-state index contributed by atoms with van der Waals surface area (Å²) in [4.78, 5) is 13.8.